The van der Waals surface area contributed by atoms with Gasteiger partial charge >= 0.3 is 0 Å². The van der Waals surface area contributed by atoms with Crippen molar-refractivity contribution >= 4 is 17.5 Å². The molecule has 0 aliphatic carbocycles. The Hall–Kier alpha value is -3.00. The van der Waals surface area contributed by atoms with E-state index >= 15 is 0 Å². The number of carbonyl (C=O) groups is 2. The maximum atomic E-state index is 13.1. The number of amides is 2. The van der Waals surface area contributed by atoms with Crippen LogP contribution in [-0.2, 0) is 16.0 Å². The third-order valence-electron chi connectivity index (χ3n) is 4.71. The van der Waals surface area contributed by atoms with E-state index in [4.69, 9.17) is 0 Å². The number of rotatable bonds is 6. The van der Waals surface area contributed by atoms with Gasteiger partial charge in [-0.2, -0.15) is 0 Å². The average Bonchev–Trinajstić information content (AvgIpc) is 2.73. The fourth-order valence-electron chi connectivity index (χ4n) is 3.17. The maximum Gasteiger partial charge on any atom is 0.247 e. The summed E-state index contributed by atoms with van der Waals surface area (Å²) >= 11 is 0. The fourth-order valence-corrected chi connectivity index (χ4v) is 3.17. The summed E-state index contributed by atoms with van der Waals surface area (Å²) in [5, 5.41) is 12.2. The topological polar surface area (TPSA) is 85.8 Å². The van der Waals surface area contributed by atoms with Crippen molar-refractivity contribution < 1.29 is 19.1 Å². The molecule has 2 heterocycles. The van der Waals surface area contributed by atoms with Gasteiger partial charge in [0.1, 0.15) is 11.9 Å². The van der Waals surface area contributed by atoms with E-state index in [1.54, 1.807) is 41.6 Å². The highest BCUT2D eigenvalue weighted by Crippen LogP contribution is 2.17. The van der Waals surface area contributed by atoms with Crippen LogP contribution in [0.15, 0.2) is 48.8 Å². The molecule has 1 aromatic carbocycles. The van der Waals surface area contributed by atoms with Gasteiger partial charge in [0.2, 0.25) is 11.8 Å². The van der Waals surface area contributed by atoms with Crippen LogP contribution in [0.2, 0.25) is 0 Å². The Bertz CT molecular complexity index is 793. The third kappa shape index (κ3) is 5.04. The van der Waals surface area contributed by atoms with Crippen molar-refractivity contribution in [3.63, 3.8) is 0 Å². The quantitative estimate of drug-likeness (QED) is 0.759. The molecule has 1 saturated heterocycles. The van der Waals surface area contributed by atoms with E-state index in [1.165, 1.54) is 12.1 Å². The van der Waals surface area contributed by atoms with Crippen molar-refractivity contribution in [2.75, 3.05) is 37.7 Å². The Kier molecular flexibility index (Phi) is 6.54. The molecule has 1 atom stereocenters. The Morgan fingerprint density at radius 2 is 1.71 bits per heavy atom. The molecule has 2 N–H and O–H groups in total. The molecule has 2 amide bonds. The van der Waals surface area contributed by atoms with E-state index in [9.17, 15) is 19.1 Å². The van der Waals surface area contributed by atoms with Crippen LogP contribution in [0.3, 0.4) is 0 Å². The van der Waals surface area contributed by atoms with E-state index in [1.807, 2.05) is 0 Å². The zero-order valence-corrected chi connectivity index (χ0v) is 15.4. The predicted octanol–water partition coefficient (Wildman–Crippen LogP) is 0.589. The molecule has 1 aliphatic heterocycles. The van der Waals surface area contributed by atoms with Crippen molar-refractivity contribution in [1.29, 1.82) is 0 Å². The van der Waals surface area contributed by atoms with Crippen LogP contribution in [0.25, 0.3) is 0 Å². The smallest absolute Gasteiger partial charge is 0.247 e. The number of aliphatic hydroxyl groups excluding tert-OH is 1. The number of benzene rings is 1. The van der Waals surface area contributed by atoms with Crippen LogP contribution in [0.1, 0.15) is 5.56 Å². The number of anilines is 1. The highest BCUT2D eigenvalue weighted by molar-refractivity contribution is 5.88. The van der Waals surface area contributed by atoms with Crippen LogP contribution in [0.5, 0.6) is 0 Å². The molecular formula is C20H23FN4O3. The van der Waals surface area contributed by atoms with Crippen LogP contribution in [0, 0.1) is 5.82 Å². The lowest BCUT2D eigenvalue weighted by Gasteiger charge is -2.37. The summed E-state index contributed by atoms with van der Waals surface area (Å²) in [6.45, 7) is 1.67. The molecule has 28 heavy (non-hydrogen) atoms. The van der Waals surface area contributed by atoms with Crippen molar-refractivity contribution in [3.05, 3.63) is 60.2 Å². The number of nitrogens with zero attached hydrogens (tertiary/aromatic N) is 3. The van der Waals surface area contributed by atoms with Crippen molar-refractivity contribution in [1.82, 2.24) is 15.2 Å². The standard InChI is InChI=1S/C20H23FN4O3/c21-16-1-3-17(4-2-16)24-9-11-25(12-10-24)20(28)18(14-26)23-19(27)13-15-5-7-22-8-6-15/h1-8,18,26H,9-14H2,(H,23,27). The SMILES string of the molecule is O=C(Cc1ccncc1)NC(CO)C(=O)N1CCN(c2ccc(F)cc2)CC1. The first-order valence-electron chi connectivity index (χ1n) is 9.15. The molecule has 2 aromatic rings. The number of nitrogens with one attached hydrogen (secondary N) is 1. The lowest BCUT2D eigenvalue weighted by atomic mass is 10.1. The summed E-state index contributed by atoms with van der Waals surface area (Å²) in [6, 6.07) is 8.73. The predicted molar refractivity (Wildman–Crippen MR) is 102 cm³/mol. The molecule has 0 spiro atoms. The van der Waals surface area contributed by atoms with E-state index in [2.05, 4.69) is 15.2 Å². The van der Waals surface area contributed by atoms with Gasteiger partial charge in [0.05, 0.1) is 13.0 Å². The maximum absolute atomic E-state index is 13.1. The lowest BCUT2D eigenvalue weighted by Crippen LogP contribution is -2.56. The van der Waals surface area contributed by atoms with Gasteiger partial charge in [-0.3, -0.25) is 14.6 Å². The van der Waals surface area contributed by atoms with Crippen LogP contribution >= 0.6 is 0 Å². The van der Waals surface area contributed by atoms with Crippen molar-refractivity contribution in [3.8, 4) is 0 Å². The van der Waals surface area contributed by atoms with Gasteiger partial charge in [-0.25, -0.2) is 4.39 Å². The van der Waals surface area contributed by atoms with E-state index < -0.39 is 12.6 Å². The summed E-state index contributed by atoms with van der Waals surface area (Å²) in [6.07, 6.45) is 3.31. The third-order valence-corrected chi connectivity index (χ3v) is 4.71. The van der Waals surface area contributed by atoms with Gasteiger partial charge in [0, 0.05) is 44.3 Å². The van der Waals surface area contributed by atoms with Crippen LogP contribution < -0.4 is 10.2 Å². The fraction of sp³-hybridized carbons (Fsp3) is 0.350. The van der Waals surface area contributed by atoms with Gasteiger partial charge < -0.3 is 20.2 Å². The van der Waals surface area contributed by atoms with Crippen molar-refractivity contribution in [2.45, 2.75) is 12.5 Å². The number of carbonyl (C=O) groups excluding carboxylic acids is 2. The van der Waals surface area contributed by atoms with Crippen LogP contribution in [0.4, 0.5) is 10.1 Å². The second kappa shape index (κ2) is 9.27. The number of hydrogen-bond donors (Lipinski definition) is 2. The molecule has 0 radical (unpaired) electrons. The Morgan fingerprint density at radius 3 is 2.32 bits per heavy atom. The molecule has 1 aliphatic rings. The Labute approximate surface area is 162 Å². The molecule has 0 saturated carbocycles. The molecule has 3 rings (SSSR count). The largest absolute Gasteiger partial charge is 0.394 e. The first-order chi connectivity index (χ1) is 13.6. The second-order valence-electron chi connectivity index (χ2n) is 6.62. The van der Waals surface area contributed by atoms with Gasteiger partial charge in [0.25, 0.3) is 0 Å². The molecule has 0 bridgehead atoms. The summed E-state index contributed by atoms with van der Waals surface area (Å²) in [5.74, 6) is -0.918. The molecule has 1 unspecified atom stereocenters. The second-order valence-corrected chi connectivity index (χ2v) is 6.62. The van der Waals surface area contributed by atoms with Gasteiger partial charge in [-0.05, 0) is 42.0 Å². The number of hydrogen-bond acceptors (Lipinski definition) is 5. The Balaban J connectivity index is 1.52. The molecule has 7 nitrogen and oxygen atoms in total. The minimum Gasteiger partial charge on any atom is -0.394 e. The lowest BCUT2D eigenvalue weighted by molar-refractivity contribution is -0.137. The van der Waals surface area contributed by atoms with Crippen LogP contribution in [-0.4, -0.2) is 65.6 Å². The normalized spacial score (nSPS) is 15.2. The molecular weight excluding hydrogens is 363 g/mol. The van der Waals surface area contributed by atoms with Crippen molar-refractivity contribution in [2.24, 2.45) is 0 Å². The minimum atomic E-state index is -0.966. The molecule has 8 heteroatoms. The monoisotopic (exact) mass is 386 g/mol. The number of aliphatic hydroxyl groups is 1. The van der Waals surface area contributed by atoms with Gasteiger partial charge in [-0.1, -0.05) is 0 Å². The van der Waals surface area contributed by atoms with Gasteiger partial charge in [-0.15, -0.1) is 0 Å². The Morgan fingerprint density at radius 1 is 1.07 bits per heavy atom. The van der Waals surface area contributed by atoms with E-state index in [0.29, 0.717) is 26.2 Å². The zero-order valence-electron chi connectivity index (χ0n) is 15.4. The summed E-state index contributed by atoms with van der Waals surface area (Å²) in [7, 11) is 0. The number of pyridine rings is 1. The summed E-state index contributed by atoms with van der Waals surface area (Å²) in [4.78, 5) is 32.5. The highest BCUT2D eigenvalue weighted by Gasteiger charge is 2.28. The summed E-state index contributed by atoms with van der Waals surface area (Å²) in [5.41, 5.74) is 1.68. The highest BCUT2D eigenvalue weighted by atomic mass is 19.1. The number of piperazine rings is 1. The molecule has 1 fully saturated rings. The summed E-state index contributed by atoms with van der Waals surface area (Å²) < 4.78 is 13.1. The molecule has 1 aromatic heterocycles. The zero-order chi connectivity index (χ0) is 19.9. The van der Waals surface area contributed by atoms with Gasteiger partial charge in [0.15, 0.2) is 0 Å². The molecule has 148 valence electrons. The first-order valence-corrected chi connectivity index (χ1v) is 9.15. The van der Waals surface area contributed by atoms with E-state index in [0.717, 1.165) is 11.3 Å². The average molecular weight is 386 g/mol. The number of halogens is 1. The minimum absolute atomic E-state index is 0.116. The number of aromatic nitrogens is 1. The first kappa shape index (κ1) is 19.8. The van der Waals surface area contributed by atoms with E-state index in [-0.39, 0.29) is 24.1 Å².